The molecule has 0 radical (unpaired) electrons. The molecule has 0 aliphatic carbocycles. The van der Waals surface area contributed by atoms with Crippen LogP contribution in [0.2, 0.25) is 0 Å². The van der Waals surface area contributed by atoms with Gasteiger partial charge in [-0.2, -0.15) is 0 Å². The Labute approximate surface area is 81.0 Å². The molecule has 0 saturated carbocycles. The number of ether oxygens (including phenoxy) is 1. The minimum atomic E-state index is -3.47. The monoisotopic (exact) mass is 225 g/mol. The molecule has 1 atom stereocenters. The lowest BCUT2D eigenvalue weighted by molar-refractivity contribution is -0.138. The zero-order valence-electron chi connectivity index (χ0n) is 7.68. The van der Waals surface area contributed by atoms with Crippen molar-refractivity contribution in [3.63, 3.8) is 0 Å². The maximum atomic E-state index is 10.8. The number of methoxy groups -OCH3 is 1. The van der Waals surface area contributed by atoms with Crippen LogP contribution >= 0.6 is 0 Å². The van der Waals surface area contributed by atoms with Gasteiger partial charge >= 0.3 is 12.1 Å². The number of hydrogen-bond donors (Lipinski definition) is 2. The molecule has 8 heteroatoms. The standard InChI is InChI=1S/C6H11NO6S/c1-13-6(10)7-4(5(8)9)3-14(2,11)12/h4H,3H2,1-2H3,(H,7,10)(H,8,9). The van der Waals surface area contributed by atoms with E-state index >= 15 is 0 Å². The molecular weight excluding hydrogens is 214 g/mol. The van der Waals surface area contributed by atoms with Gasteiger partial charge in [-0.15, -0.1) is 0 Å². The highest BCUT2D eigenvalue weighted by atomic mass is 32.2. The number of aliphatic carboxylic acids is 1. The van der Waals surface area contributed by atoms with E-state index in [2.05, 4.69) is 4.74 Å². The molecule has 0 aromatic rings. The van der Waals surface area contributed by atoms with E-state index in [0.29, 0.717) is 0 Å². The summed E-state index contributed by atoms with van der Waals surface area (Å²) in [6.45, 7) is 0. The van der Waals surface area contributed by atoms with Crippen molar-refractivity contribution in [2.45, 2.75) is 6.04 Å². The first-order chi connectivity index (χ1) is 6.26. The summed E-state index contributed by atoms with van der Waals surface area (Å²) in [6, 6.07) is -1.49. The van der Waals surface area contributed by atoms with E-state index < -0.39 is 33.7 Å². The number of alkyl carbamates (subject to hydrolysis) is 1. The Morgan fingerprint density at radius 3 is 2.29 bits per heavy atom. The number of amides is 1. The van der Waals surface area contributed by atoms with Gasteiger partial charge in [0.15, 0.2) is 0 Å². The molecule has 14 heavy (non-hydrogen) atoms. The number of carbonyl (C=O) groups excluding carboxylic acids is 1. The first-order valence-corrected chi connectivity index (χ1v) is 5.57. The maximum absolute atomic E-state index is 10.8. The van der Waals surface area contributed by atoms with Crippen LogP contribution in [0.5, 0.6) is 0 Å². The summed E-state index contributed by atoms with van der Waals surface area (Å²) in [4.78, 5) is 21.1. The van der Waals surface area contributed by atoms with Gasteiger partial charge in [-0.3, -0.25) is 0 Å². The lowest BCUT2D eigenvalue weighted by atomic mass is 10.3. The van der Waals surface area contributed by atoms with E-state index in [-0.39, 0.29) is 0 Å². The number of sulfone groups is 1. The molecule has 2 N–H and O–H groups in total. The van der Waals surface area contributed by atoms with Crippen LogP contribution in [-0.2, 0) is 19.4 Å². The third-order valence-corrected chi connectivity index (χ3v) is 2.18. The van der Waals surface area contributed by atoms with E-state index in [1.807, 2.05) is 5.32 Å². The summed E-state index contributed by atoms with van der Waals surface area (Å²) >= 11 is 0. The second-order valence-corrected chi connectivity index (χ2v) is 4.80. The van der Waals surface area contributed by atoms with Crippen molar-refractivity contribution in [1.82, 2.24) is 5.32 Å². The molecule has 7 nitrogen and oxygen atoms in total. The average molecular weight is 225 g/mol. The van der Waals surface area contributed by atoms with Gasteiger partial charge in [0.05, 0.1) is 12.9 Å². The van der Waals surface area contributed by atoms with Gasteiger partial charge < -0.3 is 15.2 Å². The van der Waals surface area contributed by atoms with E-state index in [9.17, 15) is 18.0 Å². The first kappa shape index (κ1) is 12.7. The smallest absolute Gasteiger partial charge is 0.407 e. The minimum Gasteiger partial charge on any atom is -0.480 e. The van der Waals surface area contributed by atoms with Crippen molar-refractivity contribution in [3.8, 4) is 0 Å². The predicted octanol–water partition coefficient (Wildman–Crippen LogP) is -1.16. The number of carboxylic acid groups (broad SMARTS) is 1. The molecule has 0 spiro atoms. The van der Waals surface area contributed by atoms with Gasteiger partial charge in [-0.05, 0) is 0 Å². The Morgan fingerprint density at radius 1 is 1.50 bits per heavy atom. The number of nitrogens with one attached hydrogen (secondary N) is 1. The first-order valence-electron chi connectivity index (χ1n) is 3.51. The molecule has 0 fully saturated rings. The largest absolute Gasteiger partial charge is 0.480 e. The molecule has 0 rings (SSSR count). The molecule has 0 aliphatic heterocycles. The van der Waals surface area contributed by atoms with Crippen LogP contribution in [0.15, 0.2) is 0 Å². The third kappa shape index (κ3) is 5.36. The molecule has 0 heterocycles. The fourth-order valence-electron chi connectivity index (χ4n) is 0.679. The fraction of sp³-hybridized carbons (Fsp3) is 0.667. The van der Waals surface area contributed by atoms with E-state index in [0.717, 1.165) is 13.4 Å². The third-order valence-electron chi connectivity index (χ3n) is 1.24. The van der Waals surface area contributed by atoms with Crippen molar-refractivity contribution in [3.05, 3.63) is 0 Å². The quantitative estimate of drug-likeness (QED) is 0.624. The fourth-order valence-corrected chi connectivity index (χ4v) is 1.51. The molecule has 0 bridgehead atoms. The molecule has 1 amide bonds. The molecule has 82 valence electrons. The Balaban J connectivity index is 4.47. The lowest BCUT2D eigenvalue weighted by Gasteiger charge is -2.11. The topological polar surface area (TPSA) is 110 Å². The molecule has 0 aromatic carbocycles. The number of carbonyl (C=O) groups is 2. The summed E-state index contributed by atoms with van der Waals surface area (Å²) in [5, 5.41) is 10.4. The van der Waals surface area contributed by atoms with Crippen molar-refractivity contribution in [2.24, 2.45) is 0 Å². The summed E-state index contributed by atoms with van der Waals surface area (Å²) in [6.07, 6.45) is -0.108. The van der Waals surface area contributed by atoms with Gasteiger partial charge in [0.2, 0.25) is 0 Å². The van der Waals surface area contributed by atoms with Crippen LogP contribution < -0.4 is 5.32 Å². The molecule has 0 aromatic heterocycles. The van der Waals surface area contributed by atoms with E-state index in [4.69, 9.17) is 5.11 Å². The Morgan fingerprint density at radius 2 is 2.00 bits per heavy atom. The predicted molar refractivity (Wildman–Crippen MR) is 46.7 cm³/mol. The Bertz CT molecular complexity index is 321. The summed E-state index contributed by atoms with van der Waals surface area (Å²) < 4.78 is 25.7. The average Bonchev–Trinajstić information content (AvgIpc) is 2.00. The number of hydrogen-bond acceptors (Lipinski definition) is 5. The maximum Gasteiger partial charge on any atom is 0.407 e. The van der Waals surface area contributed by atoms with Crippen LogP contribution in [0.3, 0.4) is 0 Å². The van der Waals surface area contributed by atoms with Crippen molar-refractivity contribution in [2.75, 3.05) is 19.1 Å². The highest BCUT2D eigenvalue weighted by molar-refractivity contribution is 7.90. The molecule has 0 aliphatic rings. The van der Waals surface area contributed by atoms with Gasteiger partial charge in [0.1, 0.15) is 15.9 Å². The summed E-state index contributed by atoms with van der Waals surface area (Å²) in [7, 11) is -2.42. The SMILES string of the molecule is COC(=O)NC(CS(C)(=O)=O)C(=O)O. The van der Waals surface area contributed by atoms with E-state index in [1.165, 1.54) is 0 Å². The second kappa shape index (κ2) is 4.80. The van der Waals surface area contributed by atoms with Crippen molar-refractivity contribution in [1.29, 1.82) is 0 Å². The molecule has 1 unspecified atom stereocenters. The van der Waals surface area contributed by atoms with Crippen LogP contribution in [0.4, 0.5) is 4.79 Å². The molecule has 0 saturated heterocycles. The minimum absolute atomic E-state index is 0.669. The molecular formula is C6H11NO6S. The van der Waals surface area contributed by atoms with Crippen molar-refractivity contribution >= 4 is 21.9 Å². The number of carboxylic acids is 1. The summed E-state index contributed by atoms with van der Waals surface area (Å²) in [5.41, 5.74) is 0. The number of rotatable bonds is 4. The second-order valence-electron chi connectivity index (χ2n) is 2.62. The van der Waals surface area contributed by atoms with Gasteiger partial charge in [-0.1, -0.05) is 0 Å². The normalized spacial score (nSPS) is 13.0. The zero-order chi connectivity index (χ0) is 11.4. The Kier molecular flexibility index (Phi) is 4.35. The zero-order valence-corrected chi connectivity index (χ0v) is 8.50. The Hall–Kier alpha value is -1.31. The van der Waals surface area contributed by atoms with E-state index in [1.54, 1.807) is 0 Å². The van der Waals surface area contributed by atoms with Crippen LogP contribution in [0.1, 0.15) is 0 Å². The highest BCUT2D eigenvalue weighted by Gasteiger charge is 2.24. The van der Waals surface area contributed by atoms with Crippen LogP contribution in [0, 0.1) is 0 Å². The van der Waals surface area contributed by atoms with Crippen molar-refractivity contribution < 1.29 is 27.9 Å². The van der Waals surface area contributed by atoms with Gasteiger partial charge in [-0.25, -0.2) is 18.0 Å². The van der Waals surface area contributed by atoms with Crippen LogP contribution in [0.25, 0.3) is 0 Å². The summed E-state index contributed by atoms with van der Waals surface area (Å²) in [5.74, 6) is -2.10. The van der Waals surface area contributed by atoms with Gasteiger partial charge in [0, 0.05) is 6.26 Å². The van der Waals surface area contributed by atoms with Gasteiger partial charge in [0.25, 0.3) is 0 Å². The lowest BCUT2D eigenvalue weighted by Crippen LogP contribution is -2.45. The highest BCUT2D eigenvalue weighted by Crippen LogP contribution is 1.92. The van der Waals surface area contributed by atoms with Crippen LogP contribution in [-0.4, -0.2) is 50.7 Å².